The highest BCUT2D eigenvalue weighted by Crippen LogP contribution is 2.20. The maximum atomic E-state index is 13.2. The number of nitrogens with one attached hydrogen (secondary N) is 1. The van der Waals surface area contributed by atoms with Crippen molar-refractivity contribution in [1.29, 1.82) is 5.26 Å². The Morgan fingerprint density at radius 3 is 2.55 bits per heavy atom. The van der Waals surface area contributed by atoms with Gasteiger partial charge in [0.1, 0.15) is 11.9 Å². The Morgan fingerprint density at radius 1 is 1.20 bits per heavy atom. The minimum absolute atomic E-state index is 0.142. The lowest BCUT2D eigenvalue weighted by Crippen LogP contribution is -2.14. The van der Waals surface area contributed by atoms with E-state index in [1.165, 1.54) is 12.1 Å². The predicted octanol–water partition coefficient (Wildman–Crippen LogP) is 2.81. The van der Waals surface area contributed by atoms with E-state index in [-0.39, 0.29) is 16.1 Å². The molecular weight excluding hydrogens is 279 g/mol. The van der Waals surface area contributed by atoms with Gasteiger partial charge in [0, 0.05) is 0 Å². The van der Waals surface area contributed by atoms with Gasteiger partial charge in [-0.15, -0.1) is 0 Å². The monoisotopic (exact) mass is 290 g/mol. The molecule has 0 saturated heterocycles. The zero-order valence-electron chi connectivity index (χ0n) is 10.6. The van der Waals surface area contributed by atoms with Crippen LogP contribution in [0.1, 0.15) is 11.1 Å². The number of hydrogen-bond acceptors (Lipinski definition) is 3. The standard InChI is InChI=1S/C14H11FN2O2S/c1-10-4-2-3-5-14(10)20(18,19)17-12-6-7-13(15)11(8-12)9-16/h2-8,17H,1H3. The summed E-state index contributed by atoms with van der Waals surface area (Å²) in [6.07, 6.45) is 0. The van der Waals surface area contributed by atoms with Gasteiger partial charge in [0.05, 0.1) is 16.1 Å². The Morgan fingerprint density at radius 2 is 1.90 bits per heavy atom. The molecule has 2 rings (SSSR count). The van der Waals surface area contributed by atoms with Crippen LogP contribution < -0.4 is 4.72 Å². The number of rotatable bonds is 3. The van der Waals surface area contributed by atoms with Crippen LogP contribution in [0.15, 0.2) is 47.4 Å². The molecule has 0 aliphatic carbocycles. The van der Waals surface area contributed by atoms with E-state index in [4.69, 9.17) is 5.26 Å². The van der Waals surface area contributed by atoms with Crippen molar-refractivity contribution in [3.05, 3.63) is 59.4 Å². The first-order valence-electron chi connectivity index (χ1n) is 5.72. The Hall–Kier alpha value is -2.39. The van der Waals surface area contributed by atoms with Crippen LogP contribution in [0.25, 0.3) is 0 Å². The summed E-state index contributed by atoms with van der Waals surface area (Å²) in [4.78, 5) is 0.142. The normalized spacial score (nSPS) is 10.8. The fourth-order valence-electron chi connectivity index (χ4n) is 1.74. The molecule has 0 unspecified atom stereocenters. The third-order valence-electron chi connectivity index (χ3n) is 2.72. The quantitative estimate of drug-likeness (QED) is 0.945. The summed E-state index contributed by atoms with van der Waals surface area (Å²) >= 11 is 0. The minimum atomic E-state index is -3.76. The Labute approximate surface area is 116 Å². The molecule has 0 heterocycles. The van der Waals surface area contributed by atoms with Gasteiger partial charge < -0.3 is 0 Å². The molecule has 0 saturated carbocycles. The van der Waals surface area contributed by atoms with Crippen LogP contribution in [0.5, 0.6) is 0 Å². The van der Waals surface area contributed by atoms with Crippen molar-refractivity contribution in [1.82, 2.24) is 0 Å². The van der Waals surface area contributed by atoms with Gasteiger partial charge in [-0.2, -0.15) is 5.26 Å². The molecule has 102 valence electrons. The number of aryl methyl sites for hydroxylation is 1. The summed E-state index contributed by atoms with van der Waals surface area (Å²) in [7, 11) is -3.76. The molecule has 1 N–H and O–H groups in total. The number of halogens is 1. The van der Waals surface area contributed by atoms with Crippen molar-refractivity contribution in [3.8, 4) is 6.07 Å². The Balaban J connectivity index is 2.39. The van der Waals surface area contributed by atoms with E-state index in [0.29, 0.717) is 5.56 Å². The Bertz CT molecular complexity index is 795. The highest BCUT2D eigenvalue weighted by atomic mass is 32.2. The van der Waals surface area contributed by atoms with E-state index in [1.54, 1.807) is 31.2 Å². The zero-order chi connectivity index (χ0) is 14.8. The van der Waals surface area contributed by atoms with E-state index < -0.39 is 15.8 Å². The molecule has 20 heavy (non-hydrogen) atoms. The summed E-state index contributed by atoms with van der Waals surface area (Å²) < 4.78 is 40.0. The van der Waals surface area contributed by atoms with Crippen LogP contribution in [0.2, 0.25) is 0 Å². The van der Waals surface area contributed by atoms with Gasteiger partial charge in [0.25, 0.3) is 10.0 Å². The Kier molecular flexibility index (Phi) is 3.72. The van der Waals surface area contributed by atoms with Crippen molar-refractivity contribution in [2.75, 3.05) is 4.72 Å². The first kappa shape index (κ1) is 14.0. The molecule has 0 fully saturated rings. The highest BCUT2D eigenvalue weighted by molar-refractivity contribution is 7.92. The number of benzene rings is 2. The topological polar surface area (TPSA) is 70.0 Å². The van der Waals surface area contributed by atoms with E-state index in [9.17, 15) is 12.8 Å². The van der Waals surface area contributed by atoms with Gasteiger partial charge in [-0.05, 0) is 36.8 Å². The molecule has 2 aromatic carbocycles. The lowest BCUT2D eigenvalue weighted by molar-refractivity contribution is 0.600. The molecule has 0 aliphatic heterocycles. The largest absolute Gasteiger partial charge is 0.280 e. The number of nitriles is 1. The van der Waals surface area contributed by atoms with Gasteiger partial charge >= 0.3 is 0 Å². The van der Waals surface area contributed by atoms with E-state index in [2.05, 4.69) is 4.72 Å². The number of hydrogen-bond donors (Lipinski definition) is 1. The lowest BCUT2D eigenvalue weighted by Gasteiger charge is -2.10. The number of anilines is 1. The number of sulfonamides is 1. The first-order valence-corrected chi connectivity index (χ1v) is 7.20. The summed E-state index contributed by atoms with van der Waals surface area (Å²) in [6, 6.07) is 11.7. The fraction of sp³-hybridized carbons (Fsp3) is 0.0714. The van der Waals surface area contributed by atoms with Crippen LogP contribution >= 0.6 is 0 Å². The van der Waals surface area contributed by atoms with Gasteiger partial charge in [0.15, 0.2) is 0 Å². The molecule has 4 nitrogen and oxygen atoms in total. The second kappa shape index (κ2) is 5.31. The molecule has 0 spiro atoms. The lowest BCUT2D eigenvalue weighted by atomic mass is 10.2. The molecule has 0 aliphatic rings. The maximum absolute atomic E-state index is 13.2. The van der Waals surface area contributed by atoms with Gasteiger partial charge in [-0.3, -0.25) is 4.72 Å². The number of nitrogens with zero attached hydrogens (tertiary/aromatic N) is 1. The SMILES string of the molecule is Cc1ccccc1S(=O)(=O)Nc1ccc(F)c(C#N)c1. The summed E-state index contributed by atoms with van der Waals surface area (Å²) in [5, 5.41) is 8.74. The second-order valence-electron chi connectivity index (χ2n) is 4.18. The molecule has 0 aromatic heterocycles. The van der Waals surface area contributed by atoms with Gasteiger partial charge in [-0.25, -0.2) is 12.8 Å². The predicted molar refractivity (Wildman–Crippen MR) is 73.1 cm³/mol. The third-order valence-corrected chi connectivity index (χ3v) is 4.26. The molecule has 0 amide bonds. The summed E-state index contributed by atoms with van der Waals surface area (Å²) in [5.74, 6) is -0.689. The van der Waals surface area contributed by atoms with E-state index in [0.717, 1.165) is 12.1 Å². The van der Waals surface area contributed by atoms with Crippen LogP contribution in [0, 0.1) is 24.1 Å². The van der Waals surface area contributed by atoms with Crippen molar-refractivity contribution >= 4 is 15.7 Å². The summed E-state index contributed by atoms with van der Waals surface area (Å²) in [6.45, 7) is 1.68. The highest BCUT2D eigenvalue weighted by Gasteiger charge is 2.16. The molecule has 0 bridgehead atoms. The van der Waals surface area contributed by atoms with Crippen LogP contribution in [-0.2, 0) is 10.0 Å². The van der Waals surface area contributed by atoms with Gasteiger partial charge in [-0.1, -0.05) is 18.2 Å². The van der Waals surface area contributed by atoms with Crippen molar-refractivity contribution in [3.63, 3.8) is 0 Å². The van der Waals surface area contributed by atoms with E-state index in [1.807, 2.05) is 0 Å². The maximum Gasteiger partial charge on any atom is 0.262 e. The van der Waals surface area contributed by atoms with Crippen LogP contribution in [0.4, 0.5) is 10.1 Å². The second-order valence-corrected chi connectivity index (χ2v) is 5.83. The molecule has 2 aromatic rings. The smallest absolute Gasteiger partial charge is 0.262 e. The third kappa shape index (κ3) is 2.78. The molecule has 0 atom stereocenters. The minimum Gasteiger partial charge on any atom is -0.280 e. The first-order chi connectivity index (χ1) is 9.44. The fourth-order valence-corrected chi connectivity index (χ4v) is 3.04. The zero-order valence-corrected chi connectivity index (χ0v) is 11.4. The van der Waals surface area contributed by atoms with Crippen LogP contribution in [-0.4, -0.2) is 8.42 Å². The average Bonchev–Trinajstić information content (AvgIpc) is 2.41. The van der Waals surface area contributed by atoms with Crippen molar-refractivity contribution in [2.24, 2.45) is 0 Å². The van der Waals surface area contributed by atoms with Crippen molar-refractivity contribution < 1.29 is 12.8 Å². The molecule has 6 heteroatoms. The van der Waals surface area contributed by atoms with Crippen LogP contribution in [0.3, 0.4) is 0 Å². The molecular formula is C14H11FN2O2S. The summed E-state index contributed by atoms with van der Waals surface area (Å²) in [5.41, 5.74) is 0.531. The van der Waals surface area contributed by atoms with Gasteiger partial charge in [0.2, 0.25) is 0 Å². The van der Waals surface area contributed by atoms with Crippen molar-refractivity contribution in [2.45, 2.75) is 11.8 Å². The molecule has 0 radical (unpaired) electrons. The van der Waals surface area contributed by atoms with E-state index >= 15 is 0 Å². The average molecular weight is 290 g/mol.